The van der Waals surface area contributed by atoms with E-state index in [0.717, 1.165) is 38.5 Å². The molecule has 2 atom stereocenters. The van der Waals surface area contributed by atoms with Gasteiger partial charge in [0.1, 0.15) is 0 Å². The molecule has 0 saturated heterocycles. The fraction of sp³-hybridized carbons (Fsp3) is 0.913. The minimum Gasteiger partial charge on any atom is -0.355 e. The Labute approximate surface area is 167 Å². The monoisotopic (exact) mass is 380 g/mol. The number of amides is 2. The SMILES string of the molecule is CCC(C)(C)C(=O)NC1CC(C)(C)CC(C)(CNC(=O)C(C)(CC)CC)C1. The van der Waals surface area contributed by atoms with E-state index < -0.39 is 0 Å². The number of rotatable bonds is 8. The van der Waals surface area contributed by atoms with E-state index in [0.29, 0.717) is 6.54 Å². The minimum absolute atomic E-state index is 0.00585. The van der Waals surface area contributed by atoms with Crippen molar-refractivity contribution in [3.8, 4) is 0 Å². The summed E-state index contributed by atoms with van der Waals surface area (Å²) in [6, 6.07) is 0.165. The molecule has 2 amide bonds. The number of nitrogens with one attached hydrogen (secondary N) is 2. The summed E-state index contributed by atoms with van der Waals surface area (Å²) >= 11 is 0. The summed E-state index contributed by atoms with van der Waals surface area (Å²) in [6.45, 7) is 19.8. The molecular formula is C23H44N2O2. The summed E-state index contributed by atoms with van der Waals surface area (Å²) in [6.07, 6.45) is 5.49. The van der Waals surface area contributed by atoms with Crippen molar-refractivity contribution in [3.05, 3.63) is 0 Å². The number of hydrogen-bond acceptors (Lipinski definition) is 2. The smallest absolute Gasteiger partial charge is 0.225 e. The van der Waals surface area contributed by atoms with Gasteiger partial charge < -0.3 is 10.6 Å². The second kappa shape index (κ2) is 8.53. The highest BCUT2D eigenvalue weighted by Crippen LogP contribution is 2.46. The normalized spacial score (nSPS) is 25.7. The zero-order valence-corrected chi connectivity index (χ0v) is 19.3. The molecule has 4 nitrogen and oxygen atoms in total. The third-order valence-corrected chi connectivity index (χ3v) is 7.06. The molecule has 0 spiro atoms. The zero-order chi connectivity index (χ0) is 21.1. The molecule has 1 aliphatic rings. The molecule has 1 fully saturated rings. The Bertz CT molecular complexity index is 534. The fourth-order valence-corrected chi connectivity index (χ4v) is 4.49. The lowest BCUT2D eigenvalue weighted by molar-refractivity contribution is -0.133. The van der Waals surface area contributed by atoms with Gasteiger partial charge in [-0.3, -0.25) is 9.59 Å². The summed E-state index contributed by atoms with van der Waals surface area (Å²) in [5.41, 5.74) is -0.492. The topological polar surface area (TPSA) is 58.2 Å². The first-order chi connectivity index (χ1) is 12.2. The van der Waals surface area contributed by atoms with Crippen molar-refractivity contribution >= 4 is 11.8 Å². The van der Waals surface area contributed by atoms with E-state index in [1.54, 1.807) is 0 Å². The highest BCUT2D eigenvalue weighted by atomic mass is 16.2. The molecule has 0 aromatic rings. The number of carbonyl (C=O) groups is 2. The van der Waals surface area contributed by atoms with E-state index in [1.165, 1.54) is 0 Å². The van der Waals surface area contributed by atoms with Gasteiger partial charge in [0.25, 0.3) is 0 Å². The highest BCUT2D eigenvalue weighted by molar-refractivity contribution is 5.82. The Balaban J connectivity index is 2.84. The van der Waals surface area contributed by atoms with Gasteiger partial charge in [-0.15, -0.1) is 0 Å². The molecule has 158 valence electrons. The molecule has 0 heterocycles. The van der Waals surface area contributed by atoms with Gasteiger partial charge in [0.05, 0.1) is 0 Å². The Hall–Kier alpha value is -1.06. The summed E-state index contributed by atoms with van der Waals surface area (Å²) in [4.78, 5) is 25.4. The molecule has 1 rings (SSSR count). The third kappa shape index (κ3) is 6.22. The van der Waals surface area contributed by atoms with Crippen LogP contribution in [0.3, 0.4) is 0 Å². The van der Waals surface area contributed by atoms with E-state index in [-0.39, 0.29) is 39.5 Å². The van der Waals surface area contributed by atoms with Crippen LogP contribution in [-0.2, 0) is 9.59 Å². The predicted octanol–water partition coefficient (Wildman–Crippen LogP) is 5.07. The largest absolute Gasteiger partial charge is 0.355 e. The van der Waals surface area contributed by atoms with E-state index in [1.807, 2.05) is 20.8 Å². The van der Waals surface area contributed by atoms with E-state index in [2.05, 4.69) is 52.2 Å². The maximum Gasteiger partial charge on any atom is 0.225 e. The van der Waals surface area contributed by atoms with Crippen LogP contribution in [0.15, 0.2) is 0 Å². The lowest BCUT2D eigenvalue weighted by Gasteiger charge is -2.47. The number of carbonyl (C=O) groups excluding carboxylic acids is 2. The van der Waals surface area contributed by atoms with Crippen molar-refractivity contribution in [1.29, 1.82) is 0 Å². The molecule has 0 bridgehead atoms. The van der Waals surface area contributed by atoms with Crippen LogP contribution in [0.4, 0.5) is 0 Å². The van der Waals surface area contributed by atoms with Crippen molar-refractivity contribution in [2.24, 2.45) is 21.7 Å². The summed E-state index contributed by atoms with van der Waals surface area (Å²) < 4.78 is 0. The first kappa shape index (κ1) is 24.0. The van der Waals surface area contributed by atoms with Crippen LogP contribution in [0.1, 0.15) is 101 Å². The lowest BCUT2D eigenvalue weighted by atomic mass is 9.62. The van der Waals surface area contributed by atoms with Gasteiger partial charge in [-0.25, -0.2) is 0 Å². The standard InChI is InChI=1S/C23H44N2O2/c1-10-21(6,7)18(26)25-17-13-20(4,5)15-22(8,14-17)16-24-19(27)23(9,11-2)12-3/h17H,10-16H2,1-9H3,(H,24,27)(H,25,26). The lowest BCUT2D eigenvalue weighted by Crippen LogP contribution is -2.53. The average Bonchev–Trinajstić information content (AvgIpc) is 2.57. The average molecular weight is 381 g/mol. The molecule has 4 heteroatoms. The minimum atomic E-state index is -0.337. The molecule has 2 N–H and O–H groups in total. The maximum absolute atomic E-state index is 12.7. The zero-order valence-electron chi connectivity index (χ0n) is 19.3. The quantitative estimate of drug-likeness (QED) is 0.618. The van der Waals surface area contributed by atoms with Gasteiger partial charge in [0.15, 0.2) is 0 Å². The van der Waals surface area contributed by atoms with Crippen LogP contribution >= 0.6 is 0 Å². The van der Waals surface area contributed by atoms with Crippen LogP contribution in [0.5, 0.6) is 0 Å². The van der Waals surface area contributed by atoms with Gasteiger partial charge in [-0.1, -0.05) is 62.3 Å². The summed E-state index contributed by atoms with van der Waals surface area (Å²) in [5, 5.41) is 6.55. The molecule has 1 saturated carbocycles. The van der Waals surface area contributed by atoms with Crippen LogP contribution in [-0.4, -0.2) is 24.4 Å². The Morgan fingerprint density at radius 3 is 1.96 bits per heavy atom. The van der Waals surface area contributed by atoms with Crippen molar-refractivity contribution < 1.29 is 9.59 Å². The van der Waals surface area contributed by atoms with Gasteiger partial charge in [-0.05, 0) is 49.4 Å². The molecule has 0 radical (unpaired) electrons. The van der Waals surface area contributed by atoms with E-state index in [4.69, 9.17) is 0 Å². The van der Waals surface area contributed by atoms with Crippen LogP contribution in [0.25, 0.3) is 0 Å². The Morgan fingerprint density at radius 2 is 1.48 bits per heavy atom. The molecular weight excluding hydrogens is 336 g/mol. The Kier molecular flexibility index (Phi) is 7.57. The maximum atomic E-state index is 12.7. The van der Waals surface area contributed by atoms with Crippen LogP contribution in [0.2, 0.25) is 0 Å². The van der Waals surface area contributed by atoms with Crippen molar-refractivity contribution in [1.82, 2.24) is 10.6 Å². The molecule has 1 aliphatic carbocycles. The Morgan fingerprint density at radius 1 is 0.926 bits per heavy atom. The molecule has 27 heavy (non-hydrogen) atoms. The second-order valence-corrected chi connectivity index (χ2v) is 10.9. The van der Waals surface area contributed by atoms with Crippen molar-refractivity contribution in [2.75, 3.05) is 6.54 Å². The third-order valence-electron chi connectivity index (χ3n) is 7.06. The molecule has 0 aromatic heterocycles. The van der Waals surface area contributed by atoms with Crippen LogP contribution in [0, 0.1) is 21.7 Å². The summed E-state index contributed by atoms with van der Waals surface area (Å²) in [5.74, 6) is 0.299. The molecule has 0 aliphatic heterocycles. The van der Waals surface area contributed by atoms with Crippen LogP contribution < -0.4 is 10.6 Å². The summed E-state index contributed by atoms with van der Waals surface area (Å²) in [7, 11) is 0. The van der Waals surface area contributed by atoms with Gasteiger partial charge in [-0.2, -0.15) is 0 Å². The predicted molar refractivity (Wildman–Crippen MR) is 113 cm³/mol. The van der Waals surface area contributed by atoms with Gasteiger partial charge in [0.2, 0.25) is 11.8 Å². The van der Waals surface area contributed by atoms with E-state index in [9.17, 15) is 9.59 Å². The van der Waals surface area contributed by atoms with Crippen molar-refractivity contribution in [3.63, 3.8) is 0 Å². The molecule has 2 unspecified atom stereocenters. The van der Waals surface area contributed by atoms with Crippen molar-refractivity contribution in [2.45, 2.75) is 107 Å². The van der Waals surface area contributed by atoms with Gasteiger partial charge >= 0.3 is 0 Å². The molecule has 0 aromatic carbocycles. The highest BCUT2D eigenvalue weighted by Gasteiger charge is 2.43. The first-order valence-electron chi connectivity index (χ1n) is 10.8. The van der Waals surface area contributed by atoms with Gasteiger partial charge in [0, 0.05) is 23.4 Å². The second-order valence-electron chi connectivity index (χ2n) is 10.9. The number of hydrogen-bond donors (Lipinski definition) is 2. The van der Waals surface area contributed by atoms with E-state index >= 15 is 0 Å². The first-order valence-corrected chi connectivity index (χ1v) is 10.8. The fourth-order valence-electron chi connectivity index (χ4n) is 4.49.